The zero-order valence-electron chi connectivity index (χ0n) is 17.9. The minimum atomic E-state index is -0.628. The Morgan fingerprint density at radius 1 is 0.844 bits per heavy atom. The Hall–Kier alpha value is -4.13. The third kappa shape index (κ3) is 6.43. The Morgan fingerprint density at radius 2 is 1.56 bits per heavy atom. The summed E-state index contributed by atoms with van der Waals surface area (Å²) in [6, 6.07) is 22.7. The van der Waals surface area contributed by atoms with E-state index in [2.05, 4.69) is 5.32 Å². The maximum absolute atomic E-state index is 12.3. The van der Waals surface area contributed by atoms with Crippen LogP contribution in [0.1, 0.15) is 26.3 Å². The molecule has 0 bridgehead atoms. The number of carbonyl (C=O) groups is 3. The molecule has 0 spiro atoms. The van der Waals surface area contributed by atoms with E-state index in [1.807, 2.05) is 30.3 Å². The monoisotopic (exact) mass is 432 g/mol. The fraction of sp³-hybridized carbons (Fsp3) is 0.160. The van der Waals surface area contributed by atoms with Crippen LogP contribution >= 0.6 is 0 Å². The number of ether oxygens (including phenoxy) is 2. The predicted octanol–water partition coefficient (Wildman–Crippen LogP) is 3.76. The van der Waals surface area contributed by atoms with Crippen LogP contribution in [0.4, 0.5) is 5.69 Å². The number of carbonyl (C=O) groups excluding carboxylic acids is 3. The second-order valence-electron chi connectivity index (χ2n) is 7.20. The number of amides is 2. The summed E-state index contributed by atoms with van der Waals surface area (Å²) in [5.74, 6) is -0.717. The van der Waals surface area contributed by atoms with E-state index in [9.17, 15) is 14.4 Å². The van der Waals surface area contributed by atoms with Gasteiger partial charge in [-0.15, -0.1) is 0 Å². The van der Waals surface area contributed by atoms with Crippen LogP contribution in [-0.2, 0) is 16.1 Å². The van der Waals surface area contributed by atoms with Crippen molar-refractivity contribution >= 4 is 23.5 Å². The summed E-state index contributed by atoms with van der Waals surface area (Å²) in [5.41, 5.74) is 2.30. The van der Waals surface area contributed by atoms with Gasteiger partial charge in [0.05, 0.1) is 5.56 Å². The molecule has 0 saturated heterocycles. The van der Waals surface area contributed by atoms with Gasteiger partial charge in [-0.2, -0.15) is 0 Å². The van der Waals surface area contributed by atoms with Crippen LogP contribution in [-0.4, -0.2) is 43.4 Å². The minimum Gasteiger partial charge on any atom is -0.489 e. The lowest BCUT2D eigenvalue weighted by Crippen LogP contribution is -2.22. The smallest absolute Gasteiger partial charge is 0.338 e. The molecule has 3 rings (SSSR count). The minimum absolute atomic E-state index is 0.133. The van der Waals surface area contributed by atoms with Crippen molar-refractivity contribution in [3.8, 4) is 5.75 Å². The van der Waals surface area contributed by atoms with Crippen molar-refractivity contribution in [1.82, 2.24) is 4.90 Å². The van der Waals surface area contributed by atoms with Gasteiger partial charge < -0.3 is 19.7 Å². The van der Waals surface area contributed by atoms with Crippen molar-refractivity contribution in [2.75, 3.05) is 26.0 Å². The first kappa shape index (κ1) is 22.6. The maximum Gasteiger partial charge on any atom is 0.338 e. The number of nitrogens with zero attached hydrogens (tertiary/aromatic N) is 1. The fourth-order valence-electron chi connectivity index (χ4n) is 2.82. The van der Waals surface area contributed by atoms with Crippen molar-refractivity contribution in [2.45, 2.75) is 6.61 Å². The molecular weight excluding hydrogens is 408 g/mol. The van der Waals surface area contributed by atoms with E-state index in [4.69, 9.17) is 9.47 Å². The standard InChI is InChI=1S/C25H24N2O5/c1-27(2)24(29)19-11-13-21(14-12-19)26-23(28)17-32-25(30)20-9-6-10-22(15-20)31-16-18-7-4-3-5-8-18/h3-15H,16-17H2,1-2H3,(H,26,28). The number of hydrogen-bond donors (Lipinski definition) is 1. The molecule has 7 nitrogen and oxygen atoms in total. The molecule has 0 radical (unpaired) electrons. The number of rotatable bonds is 8. The van der Waals surface area contributed by atoms with Gasteiger partial charge in [-0.1, -0.05) is 36.4 Å². The molecule has 2 amide bonds. The van der Waals surface area contributed by atoms with Gasteiger partial charge in [0.15, 0.2) is 6.61 Å². The Kier molecular flexibility index (Phi) is 7.59. The Morgan fingerprint density at radius 3 is 2.25 bits per heavy atom. The van der Waals surface area contributed by atoms with Gasteiger partial charge in [-0.05, 0) is 48.0 Å². The van der Waals surface area contributed by atoms with E-state index in [1.54, 1.807) is 62.6 Å². The van der Waals surface area contributed by atoms with Crippen molar-refractivity contribution in [1.29, 1.82) is 0 Å². The molecule has 0 aromatic heterocycles. The van der Waals surface area contributed by atoms with Crippen molar-refractivity contribution in [3.05, 3.63) is 95.6 Å². The zero-order valence-corrected chi connectivity index (χ0v) is 17.9. The zero-order chi connectivity index (χ0) is 22.9. The van der Waals surface area contributed by atoms with Crippen LogP contribution in [0.3, 0.4) is 0 Å². The first-order valence-corrected chi connectivity index (χ1v) is 9.98. The summed E-state index contributed by atoms with van der Waals surface area (Å²) < 4.78 is 10.8. The highest BCUT2D eigenvalue weighted by atomic mass is 16.5. The molecule has 3 aromatic rings. The van der Waals surface area contributed by atoms with E-state index >= 15 is 0 Å². The molecule has 7 heteroatoms. The molecule has 3 aromatic carbocycles. The van der Waals surface area contributed by atoms with Crippen LogP contribution in [0.15, 0.2) is 78.9 Å². The Balaban J connectivity index is 1.49. The van der Waals surface area contributed by atoms with E-state index in [0.29, 0.717) is 23.6 Å². The highest BCUT2D eigenvalue weighted by Crippen LogP contribution is 2.16. The second kappa shape index (κ2) is 10.8. The molecule has 0 unspecified atom stereocenters. The molecular formula is C25H24N2O5. The third-order valence-corrected chi connectivity index (χ3v) is 4.47. The highest BCUT2D eigenvalue weighted by molar-refractivity contribution is 5.97. The number of esters is 1. The van der Waals surface area contributed by atoms with Crippen molar-refractivity contribution in [2.24, 2.45) is 0 Å². The van der Waals surface area contributed by atoms with Crippen LogP contribution in [0.25, 0.3) is 0 Å². The topological polar surface area (TPSA) is 84.9 Å². The predicted molar refractivity (Wildman–Crippen MR) is 121 cm³/mol. The third-order valence-electron chi connectivity index (χ3n) is 4.47. The molecule has 0 aliphatic heterocycles. The SMILES string of the molecule is CN(C)C(=O)c1ccc(NC(=O)COC(=O)c2cccc(OCc3ccccc3)c2)cc1. The first-order chi connectivity index (χ1) is 15.4. The van der Waals surface area contributed by atoms with Crippen LogP contribution in [0.5, 0.6) is 5.75 Å². The van der Waals surface area contributed by atoms with E-state index in [1.165, 1.54) is 4.90 Å². The normalized spacial score (nSPS) is 10.2. The number of nitrogens with one attached hydrogen (secondary N) is 1. The Labute approximate surface area is 186 Å². The highest BCUT2D eigenvalue weighted by Gasteiger charge is 2.12. The number of anilines is 1. The van der Waals surface area contributed by atoms with E-state index in [-0.39, 0.29) is 11.5 Å². The largest absolute Gasteiger partial charge is 0.489 e. The summed E-state index contributed by atoms with van der Waals surface area (Å²) >= 11 is 0. The van der Waals surface area contributed by atoms with Crippen molar-refractivity contribution in [3.63, 3.8) is 0 Å². The molecule has 0 saturated carbocycles. The lowest BCUT2D eigenvalue weighted by atomic mass is 10.2. The molecule has 164 valence electrons. The molecule has 32 heavy (non-hydrogen) atoms. The molecule has 0 aliphatic carbocycles. The summed E-state index contributed by atoms with van der Waals surface area (Å²) in [7, 11) is 3.33. The summed E-state index contributed by atoms with van der Waals surface area (Å²) in [6.45, 7) is -0.0625. The van der Waals surface area contributed by atoms with Gasteiger partial charge >= 0.3 is 5.97 Å². The Bertz CT molecular complexity index is 1080. The summed E-state index contributed by atoms with van der Waals surface area (Å²) in [5, 5.41) is 2.63. The lowest BCUT2D eigenvalue weighted by Gasteiger charge is -2.11. The molecule has 0 aliphatic rings. The van der Waals surface area contributed by atoms with Gasteiger partial charge in [0, 0.05) is 25.3 Å². The van der Waals surface area contributed by atoms with Gasteiger partial charge in [-0.3, -0.25) is 9.59 Å². The van der Waals surface area contributed by atoms with Crippen LogP contribution in [0.2, 0.25) is 0 Å². The van der Waals surface area contributed by atoms with Gasteiger partial charge in [0.25, 0.3) is 11.8 Å². The number of benzene rings is 3. The first-order valence-electron chi connectivity index (χ1n) is 9.98. The maximum atomic E-state index is 12.3. The fourth-order valence-corrected chi connectivity index (χ4v) is 2.82. The number of hydrogen-bond acceptors (Lipinski definition) is 5. The second-order valence-corrected chi connectivity index (χ2v) is 7.20. The average molecular weight is 432 g/mol. The van der Waals surface area contributed by atoms with Gasteiger partial charge in [0.2, 0.25) is 0 Å². The van der Waals surface area contributed by atoms with Gasteiger partial charge in [-0.25, -0.2) is 4.79 Å². The van der Waals surface area contributed by atoms with E-state index < -0.39 is 18.5 Å². The average Bonchev–Trinajstić information content (AvgIpc) is 2.82. The summed E-state index contributed by atoms with van der Waals surface area (Å²) in [6.07, 6.45) is 0. The van der Waals surface area contributed by atoms with Crippen LogP contribution < -0.4 is 10.1 Å². The molecule has 0 heterocycles. The van der Waals surface area contributed by atoms with Crippen molar-refractivity contribution < 1.29 is 23.9 Å². The van der Waals surface area contributed by atoms with Crippen LogP contribution in [0, 0.1) is 0 Å². The molecule has 0 atom stereocenters. The quantitative estimate of drug-likeness (QED) is 0.548. The lowest BCUT2D eigenvalue weighted by molar-refractivity contribution is -0.119. The van der Waals surface area contributed by atoms with Gasteiger partial charge in [0.1, 0.15) is 12.4 Å². The molecule has 1 N–H and O–H groups in total. The van der Waals surface area contributed by atoms with E-state index in [0.717, 1.165) is 5.56 Å². The molecule has 0 fully saturated rings. The summed E-state index contributed by atoms with van der Waals surface area (Å²) in [4.78, 5) is 37.8.